The van der Waals surface area contributed by atoms with Crippen molar-refractivity contribution in [2.24, 2.45) is 5.73 Å². The predicted octanol–water partition coefficient (Wildman–Crippen LogP) is -1.08. The van der Waals surface area contributed by atoms with Crippen LogP contribution in [0.25, 0.3) is 0 Å². The number of piperidine rings is 1. The third kappa shape index (κ3) is 6.44. The lowest BCUT2D eigenvalue weighted by Gasteiger charge is -2.22. The SMILES string of the molecule is NC(=O)CC(NC(=O)CSC1CCNCC1)C(=O)O. The van der Waals surface area contributed by atoms with E-state index in [0.29, 0.717) is 5.25 Å². The molecular formula is C11H19N3O4S. The lowest BCUT2D eigenvalue weighted by atomic mass is 10.2. The number of rotatable bonds is 7. The van der Waals surface area contributed by atoms with E-state index in [2.05, 4.69) is 10.6 Å². The zero-order valence-corrected chi connectivity index (χ0v) is 11.4. The van der Waals surface area contributed by atoms with Gasteiger partial charge in [-0.1, -0.05) is 0 Å². The van der Waals surface area contributed by atoms with E-state index in [1.165, 1.54) is 11.8 Å². The smallest absolute Gasteiger partial charge is 0.326 e. The first-order valence-corrected chi connectivity index (χ1v) is 7.16. The Morgan fingerprint density at radius 2 is 2.00 bits per heavy atom. The molecule has 0 saturated carbocycles. The Balaban J connectivity index is 2.31. The molecule has 0 bridgehead atoms. The first kappa shape index (κ1) is 15.8. The summed E-state index contributed by atoms with van der Waals surface area (Å²) in [6, 6.07) is -1.24. The number of thioether (sulfide) groups is 1. The molecule has 1 aliphatic heterocycles. The molecule has 0 aromatic rings. The predicted molar refractivity (Wildman–Crippen MR) is 71.7 cm³/mol. The molecule has 1 saturated heterocycles. The molecule has 0 aliphatic carbocycles. The van der Waals surface area contributed by atoms with Crippen molar-refractivity contribution in [1.82, 2.24) is 10.6 Å². The summed E-state index contributed by atoms with van der Waals surface area (Å²) in [5.74, 6) is -2.18. The monoisotopic (exact) mass is 289 g/mol. The number of carbonyl (C=O) groups is 3. The third-order valence-electron chi connectivity index (χ3n) is 2.77. The van der Waals surface area contributed by atoms with Gasteiger partial charge in [-0.3, -0.25) is 9.59 Å². The fraction of sp³-hybridized carbons (Fsp3) is 0.727. The normalized spacial score (nSPS) is 17.7. The van der Waals surface area contributed by atoms with Gasteiger partial charge in [0.25, 0.3) is 0 Å². The largest absolute Gasteiger partial charge is 0.480 e. The average Bonchev–Trinajstić information content (AvgIpc) is 2.36. The highest BCUT2D eigenvalue weighted by molar-refractivity contribution is 8.00. The fourth-order valence-electron chi connectivity index (χ4n) is 1.79. The summed E-state index contributed by atoms with van der Waals surface area (Å²) in [6.07, 6.45) is 1.61. The lowest BCUT2D eigenvalue weighted by molar-refractivity contribution is -0.143. The van der Waals surface area contributed by atoms with Crippen molar-refractivity contribution in [2.75, 3.05) is 18.8 Å². The highest BCUT2D eigenvalue weighted by atomic mass is 32.2. The zero-order chi connectivity index (χ0) is 14.3. The minimum atomic E-state index is -1.25. The number of hydrogen-bond donors (Lipinski definition) is 4. The summed E-state index contributed by atoms with van der Waals surface area (Å²) in [6.45, 7) is 1.89. The van der Waals surface area contributed by atoms with E-state index in [4.69, 9.17) is 10.8 Å². The minimum Gasteiger partial charge on any atom is -0.480 e. The Kier molecular flexibility index (Phi) is 6.65. The van der Waals surface area contributed by atoms with E-state index >= 15 is 0 Å². The number of carbonyl (C=O) groups excluding carboxylic acids is 2. The van der Waals surface area contributed by atoms with Crippen LogP contribution in [0.15, 0.2) is 0 Å². The van der Waals surface area contributed by atoms with Crippen molar-refractivity contribution in [3.63, 3.8) is 0 Å². The minimum absolute atomic E-state index is 0.202. The summed E-state index contributed by atoms with van der Waals surface area (Å²) in [5.41, 5.74) is 4.93. The summed E-state index contributed by atoms with van der Waals surface area (Å²) in [4.78, 5) is 33.2. The summed E-state index contributed by atoms with van der Waals surface area (Å²) in [7, 11) is 0. The first-order valence-electron chi connectivity index (χ1n) is 6.12. The molecule has 1 unspecified atom stereocenters. The summed E-state index contributed by atoms with van der Waals surface area (Å²) in [5, 5.41) is 14.8. The molecule has 0 aromatic heterocycles. The average molecular weight is 289 g/mol. The molecule has 1 atom stereocenters. The number of primary amides is 1. The lowest BCUT2D eigenvalue weighted by Crippen LogP contribution is -2.44. The highest BCUT2D eigenvalue weighted by Gasteiger charge is 2.23. The van der Waals surface area contributed by atoms with Gasteiger partial charge < -0.3 is 21.5 Å². The van der Waals surface area contributed by atoms with E-state index < -0.39 is 17.9 Å². The number of hydrogen-bond acceptors (Lipinski definition) is 5. The van der Waals surface area contributed by atoms with Gasteiger partial charge in [-0.2, -0.15) is 0 Å². The van der Waals surface area contributed by atoms with E-state index in [1.807, 2.05) is 0 Å². The van der Waals surface area contributed by atoms with E-state index in [0.717, 1.165) is 25.9 Å². The molecule has 1 rings (SSSR count). The van der Waals surface area contributed by atoms with Gasteiger partial charge in [-0.05, 0) is 25.9 Å². The van der Waals surface area contributed by atoms with Crippen molar-refractivity contribution in [3.8, 4) is 0 Å². The maximum Gasteiger partial charge on any atom is 0.326 e. The van der Waals surface area contributed by atoms with Crippen molar-refractivity contribution in [1.29, 1.82) is 0 Å². The van der Waals surface area contributed by atoms with E-state index in [9.17, 15) is 14.4 Å². The van der Waals surface area contributed by atoms with Crippen LogP contribution in [-0.4, -0.2) is 53.0 Å². The van der Waals surface area contributed by atoms with Gasteiger partial charge in [0, 0.05) is 5.25 Å². The van der Waals surface area contributed by atoms with Crippen LogP contribution in [0, 0.1) is 0 Å². The Labute approximate surface area is 115 Å². The summed E-state index contributed by atoms with van der Waals surface area (Å²) < 4.78 is 0. The summed E-state index contributed by atoms with van der Waals surface area (Å²) >= 11 is 1.52. The second-order valence-corrected chi connectivity index (χ2v) is 5.68. The first-order chi connectivity index (χ1) is 8.99. The van der Waals surface area contributed by atoms with Crippen LogP contribution in [0.1, 0.15) is 19.3 Å². The van der Waals surface area contributed by atoms with Crippen LogP contribution in [0.5, 0.6) is 0 Å². The van der Waals surface area contributed by atoms with Crippen molar-refractivity contribution in [3.05, 3.63) is 0 Å². The molecule has 0 radical (unpaired) electrons. The quantitative estimate of drug-likeness (QED) is 0.473. The number of nitrogens with one attached hydrogen (secondary N) is 2. The number of nitrogens with two attached hydrogens (primary N) is 1. The third-order valence-corrected chi connectivity index (χ3v) is 4.15. The number of carboxylic acid groups (broad SMARTS) is 1. The van der Waals surface area contributed by atoms with Gasteiger partial charge in [0.1, 0.15) is 6.04 Å². The fourth-order valence-corrected chi connectivity index (χ4v) is 2.83. The Morgan fingerprint density at radius 1 is 1.37 bits per heavy atom. The Hall–Kier alpha value is -1.28. The molecule has 1 heterocycles. The molecule has 5 N–H and O–H groups in total. The molecule has 19 heavy (non-hydrogen) atoms. The molecular weight excluding hydrogens is 270 g/mol. The maximum absolute atomic E-state index is 11.6. The van der Waals surface area contributed by atoms with Crippen LogP contribution in [0.4, 0.5) is 0 Å². The van der Waals surface area contributed by atoms with Crippen LogP contribution >= 0.6 is 11.8 Å². The Morgan fingerprint density at radius 3 is 2.53 bits per heavy atom. The van der Waals surface area contributed by atoms with Crippen LogP contribution < -0.4 is 16.4 Å². The van der Waals surface area contributed by atoms with Gasteiger partial charge in [-0.25, -0.2) is 4.79 Å². The van der Waals surface area contributed by atoms with Gasteiger partial charge in [0.05, 0.1) is 12.2 Å². The van der Waals surface area contributed by atoms with Crippen molar-refractivity contribution >= 4 is 29.5 Å². The topological polar surface area (TPSA) is 122 Å². The molecule has 8 heteroatoms. The van der Waals surface area contributed by atoms with Crippen molar-refractivity contribution < 1.29 is 19.5 Å². The maximum atomic E-state index is 11.6. The highest BCUT2D eigenvalue weighted by Crippen LogP contribution is 2.19. The molecule has 1 aliphatic rings. The van der Waals surface area contributed by atoms with E-state index in [-0.39, 0.29) is 18.1 Å². The molecule has 108 valence electrons. The molecule has 2 amide bonds. The van der Waals surface area contributed by atoms with Gasteiger partial charge in [0.2, 0.25) is 11.8 Å². The van der Waals surface area contributed by atoms with Crippen molar-refractivity contribution in [2.45, 2.75) is 30.6 Å². The van der Waals surface area contributed by atoms with Crippen LogP contribution in [-0.2, 0) is 14.4 Å². The molecule has 7 nitrogen and oxygen atoms in total. The van der Waals surface area contributed by atoms with Gasteiger partial charge in [0.15, 0.2) is 0 Å². The molecule has 0 spiro atoms. The van der Waals surface area contributed by atoms with Gasteiger partial charge >= 0.3 is 5.97 Å². The second-order valence-electron chi connectivity index (χ2n) is 4.39. The standard InChI is InChI=1S/C11H19N3O4S/c12-9(15)5-8(11(17)18)14-10(16)6-19-7-1-3-13-4-2-7/h7-8,13H,1-6H2,(H2,12,15)(H,14,16)(H,17,18). The van der Waals surface area contributed by atoms with Crippen LogP contribution in [0.2, 0.25) is 0 Å². The molecule has 0 aromatic carbocycles. The second kappa shape index (κ2) is 8.00. The Bertz CT molecular complexity index is 345. The number of carboxylic acids is 1. The number of aliphatic carboxylic acids is 1. The van der Waals surface area contributed by atoms with E-state index in [1.54, 1.807) is 0 Å². The number of amides is 2. The zero-order valence-electron chi connectivity index (χ0n) is 10.6. The molecule has 1 fully saturated rings. The van der Waals surface area contributed by atoms with Crippen LogP contribution in [0.3, 0.4) is 0 Å². The van der Waals surface area contributed by atoms with Gasteiger partial charge in [-0.15, -0.1) is 11.8 Å².